The van der Waals surface area contributed by atoms with Crippen molar-refractivity contribution in [1.82, 2.24) is 15.4 Å². The molecule has 0 saturated carbocycles. The molecule has 0 bridgehead atoms. The summed E-state index contributed by atoms with van der Waals surface area (Å²) in [6.45, 7) is 4.07. The maximum atomic E-state index is 12.2. The van der Waals surface area contributed by atoms with Gasteiger partial charge in [0.25, 0.3) is 5.91 Å². The number of likely N-dealkylation sites (N-methyl/N-ethyl adjacent to an activating group) is 1. The van der Waals surface area contributed by atoms with Crippen LogP contribution in [0.4, 0.5) is 0 Å². The summed E-state index contributed by atoms with van der Waals surface area (Å²) in [5.74, 6) is 0.419. The summed E-state index contributed by atoms with van der Waals surface area (Å²) in [5, 5.41) is 8.81. The van der Waals surface area contributed by atoms with Crippen LogP contribution in [0.15, 0.2) is 22.0 Å². The van der Waals surface area contributed by atoms with Gasteiger partial charge in [-0.1, -0.05) is 11.2 Å². The molecular weight excluding hydrogens is 274 g/mol. The van der Waals surface area contributed by atoms with Gasteiger partial charge in [0.1, 0.15) is 11.3 Å². The van der Waals surface area contributed by atoms with E-state index in [1.807, 2.05) is 25.5 Å². The van der Waals surface area contributed by atoms with Crippen molar-refractivity contribution in [2.24, 2.45) is 0 Å². The summed E-state index contributed by atoms with van der Waals surface area (Å²) in [6.07, 6.45) is 0. The first-order chi connectivity index (χ1) is 9.50. The number of carbonyl (C=O) groups excluding carboxylic acids is 1. The van der Waals surface area contributed by atoms with Crippen LogP contribution < -0.4 is 5.32 Å². The molecule has 0 aliphatic rings. The average molecular weight is 293 g/mol. The van der Waals surface area contributed by atoms with E-state index in [0.29, 0.717) is 23.6 Å². The lowest BCUT2D eigenvalue weighted by Gasteiger charge is -2.23. The fourth-order valence-electron chi connectivity index (χ4n) is 2.10. The third kappa shape index (κ3) is 3.08. The molecule has 0 saturated heterocycles. The molecule has 108 valence electrons. The van der Waals surface area contributed by atoms with Crippen LogP contribution in [-0.2, 0) is 0 Å². The summed E-state index contributed by atoms with van der Waals surface area (Å²) in [7, 11) is 4.01. The van der Waals surface area contributed by atoms with Crippen LogP contribution in [0.25, 0.3) is 0 Å². The Morgan fingerprint density at radius 1 is 1.50 bits per heavy atom. The molecule has 0 spiro atoms. The molecule has 1 N–H and O–H groups in total. The third-order valence-electron chi connectivity index (χ3n) is 3.21. The van der Waals surface area contributed by atoms with Crippen molar-refractivity contribution in [2.45, 2.75) is 19.9 Å². The lowest BCUT2D eigenvalue weighted by Crippen LogP contribution is -2.34. The van der Waals surface area contributed by atoms with Gasteiger partial charge in [0.2, 0.25) is 0 Å². The van der Waals surface area contributed by atoms with Crippen molar-refractivity contribution in [2.75, 3.05) is 20.6 Å². The summed E-state index contributed by atoms with van der Waals surface area (Å²) >= 11 is 1.69. The zero-order chi connectivity index (χ0) is 14.7. The average Bonchev–Trinajstić information content (AvgIpc) is 3.00. The first-order valence-corrected chi connectivity index (χ1v) is 7.29. The van der Waals surface area contributed by atoms with Gasteiger partial charge in [0.05, 0.1) is 11.7 Å². The van der Waals surface area contributed by atoms with E-state index < -0.39 is 0 Å². The number of thiophene rings is 1. The second kappa shape index (κ2) is 6.19. The quantitative estimate of drug-likeness (QED) is 0.919. The van der Waals surface area contributed by atoms with E-state index in [9.17, 15) is 4.79 Å². The van der Waals surface area contributed by atoms with Crippen molar-refractivity contribution in [3.8, 4) is 0 Å². The minimum absolute atomic E-state index is 0.135. The zero-order valence-corrected chi connectivity index (χ0v) is 13.0. The predicted molar refractivity (Wildman–Crippen MR) is 79.1 cm³/mol. The highest BCUT2D eigenvalue weighted by Gasteiger charge is 2.20. The molecule has 2 rings (SSSR count). The van der Waals surface area contributed by atoms with Gasteiger partial charge in [-0.25, -0.2) is 0 Å². The van der Waals surface area contributed by atoms with E-state index in [4.69, 9.17) is 4.52 Å². The molecule has 0 aliphatic heterocycles. The van der Waals surface area contributed by atoms with E-state index in [-0.39, 0.29) is 11.9 Å². The Balaban J connectivity index is 2.05. The summed E-state index contributed by atoms with van der Waals surface area (Å²) in [6, 6.07) is 4.27. The van der Waals surface area contributed by atoms with E-state index in [1.165, 1.54) is 4.88 Å². The van der Waals surface area contributed by atoms with Gasteiger partial charge in [-0.05, 0) is 39.4 Å². The van der Waals surface area contributed by atoms with E-state index in [1.54, 1.807) is 25.2 Å². The number of aryl methyl sites for hydroxylation is 2. The van der Waals surface area contributed by atoms with Crippen LogP contribution >= 0.6 is 11.3 Å². The first-order valence-electron chi connectivity index (χ1n) is 6.41. The van der Waals surface area contributed by atoms with Gasteiger partial charge in [0, 0.05) is 11.4 Å². The van der Waals surface area contributed by atoms with E-state index in [0.717, 1.165) is 0 Å². The highest BCUT2D eigenvalue weighted by atomic mass is 32.1. The summed E-state index contributed by atoms with van der Waals surface area (Å²) in [5.41, 5.74) is 1.16. The molecule has 1 amide bonds. The number of hydrogen-bond acceptors (Lipinski definition) is 5. The number of hydrogen-bond donors (Lipinski definition) is 1. The molecule has 6 heteroatoms. The largest absolute Gasteiger partial charge is 0.361 e. The maximum Gasteiger partial charge on any atom is 0.256 e. The van der Waals surface area contributed by atoms with Crippen LogP contribution in [0, 0.1) is 13.8 Å². The Morgan fingerprint density at radius 3 is 2.75 bits per heavy atom. The minimum Gasteiger partial charge on any atom is -0.361 e. The Bertz CT molecular complexity index is 556. The van der Waals surface area contributed by atoms with Crippen LogP contribution in [-0.4, -0.2) is 36.6 Å². The number of rotatable bonds is 5. The van der Waals surface area contributed by atoms with Crippen molar-refractivity contribution in [1.29, 1.82) is 0 Å². The molecule has 1 atom stereocenters. The monoisotopic (exact) mass is 293 g/mol. The summed E-state index contributed by atoms with van der Waals surface area (Å²) in [4.78, 5) is 15.5. The number of amides is 1. The van der Waals surface area contributed by atoms with Crippen molar-refractivity contribution in [3.05, 3.63) is 39.4 Å². The van der Waals surface area contributed by atoms with Gasteiger partial charge in [-0.3, -0.25) is 4.79 Å². The maximum absolute atomic E-state index is 12.2. The van der Waals surface area contributed by atoms with Gasteiger partial charge in [-0.2, -0.15) is 0 Å². The molecule has 5 nitrogen and oxygen atoms in total. The Morgan fingerprint density at radius 2 is 2.25 bits per heavy atom. The summed E-state index contributed by atoms with van der Waals surface area (Å²) < 4.78 is 5.02. The molecule has 2 aromatic rings. The molecule has 2 heterocycles. The van der Waals surface area contributed by atoms with Gasteiger partial charge in [-0.15, -0.1) is 11.3 Å². The molecule has 0 aliphatic carbocycles. The molecule has 1 unspecified atom stereocenters. The lowest BCUT2D eigenvalue weighted by molar-refractivity contribution is 0.0940. The fourth-order valence-corrected chi connectivity index (χ4v) is 3.03. The highest BCUT2D eigenvalue weighted by molar-refractivity contribution is 7.10. The minimum atomic E-state index is -0.135. The fraction of sp³-hybridized carbons (Fsp3) is 0.429. The zero-order valence-electron chi connectivity index (χ0n) is 12.1. The topological polar surface area (TPSA) is 58.4 Å². The predicted octanol–water partition coefficient (Wildman–Crippen LogP) is 2.39. The van der Waals surface area contributed by atoms with Crippen LogP contribution in [0.2, 0.25) is 0 Å². The first kappa shape index (κ1) is 14.7. The molecule has 2 aromatic heterocycles. The lowest BCUT2D eigenvalue weighted by atomic mass is 10.1. The van der Waals surface area contributed by atoms with Crippen molar-refractivity contribution >= 4 is 17.2 Å². The standard InChI is InChI=1S/C14H19N3O2S/c1-9-13(10(2)19-16-9)14(18)15-8-11(17(3)4)12-6-5-7-20-12/h5-7,11H,8H2,1-4H3,(H,15,18). The van der Waals surface area contributed by atoms with Gasteiger partial charge < -0.3 is 14.7 Å². The number of carbonyl (C=O) groups is 1. The SMILES string of the molecule is Cc1noc(C)c1C(=O)NCC(c1cccs1)N(C)C. The van der Waals surface area contributed by atoms with Gasteiger partial charge >= 0.3 is 0 Å². The second-order valence-electron chi connectivity index (χ2n) is 4.90. The highest BCUT2D eigenvalue weighted by Crippen LogP contribution is 2.22. The Kier molecular flexibility index (Phi) is 4.57. The normalized spacial score (nSPS) is 12.7. The Hall–Kier alpha value is -1.66. The van der Waals surface area contributed by atoms with Crippen molar-refractivity contribution < 1.29 is 9.32 Å². The third-order valence-corrected chi connectivity index (χ3v) is 4.18. The van der Waals surface area contributed by atoms with Crippen LogP contribution in [0.1, 0.15) is 32.7 Å². The van der Waals surface area contributed by atoms with E-state index >= 15 is 0 Å². The molecule has 20 heavy (non-hydrogen) atoms. The van der Waals surface area contributed by atoms with Crippen molar-refractivity contribution in [3.63, 3.8) is 0 Å². The Labute approximate surface area is 122 Å². The number of aromatic nitrogens is 1. The number of nitrogens with one attached hydrogen (secondary N) is 1. The molecular formula is C14H19N3O2S. The van der Waals surface area contributed by atoms with E-state index in [2.05, 4.69) is 21.4 Å². The van der Waals surface area contributed by atoms with Crippen LogP contribution in [0.5, 0.6) is 0 Å². The molecule has 0 fully saturated rings. The second-order valence-corrected chi connectivity index (χ2v) is 5.88. The van der Waals surface area contributed by atoms with Crippen LogP contribution in [0.3, 0.4) is 0 Å². The molecule has 0 radical (unpaired) electrons. The number of nitrogens with zero attached hydrogens (tertiary/aromatic N) is 2. The smallest absolute Gasteiger partial charge is 0.256 e. The molecule has 0 aromatic carbocycles. The van der Waals surface area contributed by atoms with Gasteiger partial charge in [0.15, 0.2) is 0 Å².